The van der Waals surface area contributed by atoms with Crippen LogP contribution in [0.5, 0.6) is 0 Å². The highest BCUT2D eigenvalue weighted by Gasteiger charge is 2.08. The van der Waals surface area contributed by atoms with Gasteiger partial charge in [0.1, 0.15) is 0 Å². The van der Waals surface area contributed by atoms with Gasteiger partial charge in [-0.1, -0.05) is 19.1 Å². The average molecular weight is 273 g/mol. The molecule has 0 aliphatic carbocycles. The minimum Gasteiger partial charge on any atom is -0.309 e. The molecule has 1 aromatic carbocycles. The lowest BCUT2D eigenvalue weighted by atomic mass is 10.3. The second kappa shape index (κ2) is 5.07. The Kier molecular flexibility index (Phi) is 3.27. The van der Waals surface area contributed by atoms with Gasteiger partial charge < -0.3 is 5.32 Å². The molecule has 0 saturated carbocycles. The van der Waals surface area contributed by atoms with Crippen LogP contribution in [0.25, 0.3) is 15.9 Å². The van der Waals surface area contributed by atoms with E-state index in [1.54, 1.807) is 17.5 Å². The number of nitrogens with one attached hydrogen (secondary N) is 1. The highest BCUT2D eigenvalue weighted by atomic mass is 32.1. The van der Waals surface area contributed by atoms with Crippen LogP contribution in [0.3, 0.4) is 0 Å². The van der Waals surface area contributed by atoms with E-state index in [9.17, 15) is 0 Å². The van der Waals surface area contributed by atoms with Crippen molar-refractivity contribution >= 4 is 21.6 Å². The smallest absolute Gasteiger partial charge is 0.0813 e. The second-order valence-corrected chi connectivity index (χ2v) is 5.56. The first-order valence-corrected chi connectivity index (χ1v) is 7.08. The number of thiazole rings is 1. The predicted molar refractivity (Wildman–Crippen MR) is 76.5 cm³/mol. The lowest BCUT2D eigenvalue weighted by Gasteiger charge is -2.09. The van der Waals surface area contributed by atoms with E-state index in [1.165, 1.54) is 0 Å². The number of aromatic nitrogens is 4. The predicted octanol–water partition coefficient (Wildman–Crippen LogP) is 2.38. The first kappa shape index (κ1) is 12.3. The van der Waals surface area contributed by atoms with Crippen molar-refractivity contribution in [2.24, 2.45) is 0 Å². The van der Waals surface area contributed by atoms with E-state index in [1.807, 2.05) is 22.3 Å². The fraction of sp³-hybridized carbons (Fsp3) is 0.308. The first-order valence-electron chi connectivity index (χ1n) is 6.20. The molecule has 19 heavy (non-hydrogen) atoms. The van der Waals surface area contributed by atoms with Gasteiger partial charge in [0.15, 0.2) is 0 Å². The Hall–Kier alpha value is -1.79. The van der Waals surface area contributed by atoms with E-state index in [0.29, 0.717) is 6.04 Å². The van der Waals surface area contributed by atoms with Crippen LogP contribution in [-0.2, 0) is 6.54 Å². The van der Waals surface area contributed by atoms with Crippen LogP contribution in [-0.4, -0.2) is 26.0 Å². The van der Waals surface area contributed by atoms with Crippen molar-refractivity contribution in [2.75, 3.05) is 0 Å². The molecule has 0 unspecified atom stereocenters. The summed E-state index contributed by atoms with van der Waals surface area (Å²) in [4.78, 5) is 4.28. The van der Waals surface area contributed by atoms with Crippen LogP contribution in [0.15, 0.2) is 29.9 Å². The lowest BCUT2D eigenvalue weighted by Crippen LogP contribution is -2.23. The zero-order valence-corrected chi connectivity index (χ0v) is 11.7. The third-order valence-electron chi connectivity index (χ3n) is 2.87. The maximum absolute atomic E-state index is 4.28. The third kappa shape index (κ3) is 2.50. The molecule has 0 aliphatic rings. The van der Waals surface area contributed by atoms with Gasteiger partial charge in [-0.2, -0.15) is 0 Å². The van der Waals surface area contributed by atoms with E-state index in [2.05, 4.69) is 40.5 Å². The van der Waals surface area contributed by atoms with Crippen LogP contribution in [0.4, 0.5) is 0 Å². The van der Waals surface area contributed by atoms with Crippen molar-refractivity contribution < 1.29 is 0 Å². The molecule has 0 radical (unpaired) electrons. The van der Waals surface area contributed by atoms with Crippen LogP contribution in [0.2, 0.25) is 0 Å². The third-order valence-corrected chi connectivity index (χ3v) is 3.66. The highest BCUT2D eigenvalue weighted by molar-refractivity contribution is 7.16. The zero-order valence-electron chi connectivity index (χ0n) is 10.9. The van der Waals surface area contributed by atoms with Crippen LogP contribution < -0.4 is 5.32 Å². The van der Waals surface area contributed by atoms with Gasteiger partial charge in [0.05, 0.1) is 33.3 Å². The highest BCUT2D eigenvalue weighted by Crippen LogP contribution is 2.21. The molecule has 3 rings (SSSR count). The minimum atomic E-state index is 0.437. The molecule has 0 spiro atoms. The molecule has 5 nitrogen and oxygen atoms in total. The molecule has 0 fully saturated rings. The Balaban J connectivity index is 1.94. The summed E-state index contributed by atoms with van der Waals surface area (Å²) in [5.41, 5.74) is 4.96. The van der Waals surface area contributed by atoms with E-state index < -0.39 is 0 Å². The van der Waals surface area contributed by atoms with Crippen molar-refractivity contribution in [2.45, 2.75) is 26.4 Å². The van der Waals surface area contributed by atoms with Crippen LogP contribution in [0, 0.1) is 0 Å². The number of benzene rings is 1. The Morgan fingerprint density at radius 3 is 3.11 bits per heavy atom. The first-order chi connectivity index (χ1) is 9.24. The monoisotopic (exact) mass is 273 g/mol. The summed E-state index contributed by atoms with van der Waals surface area (Å²) in [5.74, 6) is 0. The fourth-order valence-corrected chi connectivity index (χ4v) is 2.59. The summed E-state index contributed by atoms with van der Waals surface area (Å²) in [7, 11) is 0. The van der Waals surface area contributed by atoms with E-state index >= 15 is 0 Å². The second-order valence-electron chi connectivity index (χ2n) is 4.68. The molecule has 6 heteroatoms. The SMILES string of the molecule is CC(C)NCc1cnnn1-c1ccc2ncsc2c1. The number of hydrogen-bond donors (Lipinski definition) is 1. The molecular weight excluding hydrogens is 258 g/mol. The summed E-state index contributed by atoms with van der Waals surface area (Å²) in [6.45, 7) is 5.00. The Morgan fingerprint density at radius 1 is 1.37 bits per heavy atom. The Labute approximate surface area is 115 Å². The Bertz CT molecular complexity index is 685. The van der Waals surface area contributed by atoms with Gasteiger partial charge in [-0.25, -0.2) is 9.67 Å². The maximum Gasteiger partial charge on any atom is 0.0813 e. The number of rotatable bonds is 4. The molecule has 0 bridgehead atoms. The molecule has 0 aliphatic heterocycles. The van der Waals surface area contributed by atoms with Gasteiger partial charge in [0, 0.05) is 12.6 Å². The van der Waals surface area contributed by atoms with Gasteiger partial charge in [0.2, 0.25) is 0 Å². The molecule has 3 aromatic rings. The Morgan fingerprint density at radius 2 is 2.26 bits per heavy atom. The summed E-state index contributed by atoms with van der Waals surface area (Å²) >= 11 is 1.63. The standard InChI is InChI=1S/C13H15N5S/c1-9(2)14-6-11-7-16-17-18(11)10-3-4-12-13(5-10)19-8-15-12/h3-5,7-9,14H,6H2,1-2H3. The molecule has 2 aromatic heterocycles. The van der Waals surface area contributed by atoms with Crippen molar-refractivity contribution in [3.63, 3.8) is 0 Å². The lowest BCUT2D eigenvalue weighted by molar-refractivity contribution is 0.570. The van der Waals surface area contributed by atoms with E-state index in [4.69, 9.17) is 0 Å². The number of fused-ring (bicyclic) bond motifs is 1. The summed E-state index contributed by atoms with van der Waals surface area (Å²) in [6.07, 6.45) is 1.80. The average Bonchev–Trinajstić information content (AvgIpc) is 3.04. The van der Waals surface area contributed by atoms with Gasteiger partial charge in [-0.3, -0.25) is 0 Å². The number of hydrogen-bond acceptors (Lipinski definition) is 5. The molecule has 0 atom stereocenters. The van der Waals surface area contributed by atoms with E-state index in [-0.39, 0.29) is 0 Å². The molecule has 0 saturated heterocycles. The molecule has 1 N–H and O–H groups in total. The van der Waals surface area contributed by atoms with Gasteiger partial charge >= 0.3 is 0 Å². The van der Waals surface area contributed by atoms with Crippen LogP contribution >= 0.6 is 11.3 Å². The maximum atomic E-state index is 4.28. The molecule has 0 amide bonds. The van der Waals surface area contributed by atoms with Crippen molar-refractivity contribution in [1.29, 1.82) is 0 Å². The summed E-state index contributed by atoms with van der Waals surface area (Å²) < 4.78 is 3.03. The topological polar surface area (TPSA) is 55.6 Å². The fourth-order valence-electron chi connectivity index (χ4n) is 1.88. The largest absolute Gasteiger partial charge is 0.309 e. The van der Waals surface area contributed by atoms with Gasteiger partial charge in [0.25, 0.3) is 0 Å². The van der Waals surface area contributed by atoms with Gasteiger partial charge in [-0.05, 0) is 18.2 Å². The summed E-state index contributed by atoms with van der Waals surface area (Å²) in [6, 6.07) is 6.57. The van der Waals surface area contributed by atoms with Crippen LogP contribution in [0.1, 0.15) is 19.5 Å². The zero-order chi connectivity index (χ0) is 13.2. The quantitative estimate of drug-likeness (QED) is 0.793. The number of nitrogens with zero attached hydrogens (tertiary/aromatic N) is 4. The molecule has 2 heterocycles. The van der Waals surface area contributed by atoms with Gasteiger partial charge in [-0.15, -0.1) is 16.4 Å². The molecule has 98 valence electrons. The van der Waals surface area contributed by atoms with E-state index in [0.717, 1.165) is 28.1 Å². The minimum absolute atomic E-state index is 0.437. The molecular formula is C13H15N5S. The van der Waals surface area contributed by atoms with Crippen molar-refractivity contribution in [3.05, 3.63) is 35.6 Å². The van der Waals surface area contributed by atoms with Crippen molar-refractivity contribution in [3.8, 4) is 5.69 Å². The van der Waals surface area contributed by atoms with Crippen molar-refractivity contribution in [1.82, 2.24) is 25.3 Å². The summed E-state index contributed by atoms with van der Waals surface area (Å²) in [5, 5.41) is 11.6. The normalized spacial score (nSPS) is 11.5.